The van der Waals surface area contributed by atoms with Gasteiger partial charge in [-0.2, -0.15) is 0 Å². The summed E-state index contributed by atoms with van der Waals surface area (Å²) in [5.74, 6) is 2.75. The Morgan fingerprint density at radius 3 is 2.30 bits per heavy atom. The molecule has 0 spiro atoms. The van der Waals surface area contributed by atoms with Gasteiger partial charge in [-0.15, -0.1) is 11.3 Å². The van der Waals surface area contributed by atoms with Crippen molar-refractivity contribution in [2.45, 2.75) is 26.3 Å². The fourth-order valence-electron chi connectivity index (χ4n) is 2.77. The van der Waals surface area contributed by atoms with E-state index in [2.05, 4.69) is 34.7 Å². The molecule has 148 valence electrons. The first-order chi connectivity index (χ1) is 13.2. The molecule has 27 heavy (non-hydrogen) atoms. The van der Waals surface area contributed by atoms with Crippen LogP contribution in [0.5, 0.6) is 17.2 Å². The molecule has 2 rings (SSSR count). The van der Waals surface area contributed by atoms with Gasteiger partial charge >= 0.3 is 0 Å². The van der Waals surface area contributed by atoms with Gasteiger partial charge in [0.1, 0.15) is 0 Å². The Kier molecular flexibility index (Phi) is 8.26. The van der Waals surface area contributed by atoms with Crippen LogP contribution in [-0.2, 0) is 19.4 Å². The minimum Gasteiger partial charge on any atom is -0.493 e. The quantitative estimate of drug-likeness (QED) is 0.507. The second kappa shape index (κ2) is 10.7. The van der Waals surface area contributed by atoms with E-state index in [0.717, 1.165) is 37.5 Å². The molecule has 0 fully saturated rings. The van der Waals surface area contributed by atoms with Gasteiger partial charge < -0.3 is 24.8 Å². The topological polar surface area (TPSA) is 64.1 Å². The summed E-state index contributed by atoms with van der Waals surface area (Å²) in [6.07, 6.45) is 1.84. The number of methoxy groups -OCH3 is 3. The maximum absolute atomic E-state index is 5.53. The van der Waals surface area contributed by atoms with Crippen molar-refractivity contribution < 1.29 is 14.2 Å². The summed E-state index contributed by atoms with van der Waals surface area (Å²) < 4.78 is 16.3. The number of rotatable bonds is 9. The van der Waals surface area contributed by atoms with Crippen molar-refractivity contribution in [2.75, 3.05) is 34.9 Å². The average molecular weight is 392 g/mol. The average Bonchev–Trinajstić information content (AvgIpc) is 3.17. The summed E-state index contributed by atoms with van der Waals surface area (Å²) in [6, 6.07) is 8.24. The molecule has 2 aromatic rings. The zero-order chi connectivity index (χ0) is 19.6. The third-order valence-electron chi connectivity index (χ3n) is 4.19. The first kappa shape index (κ1) is 20.9. The number of thiophene rings is 1. The van der Waals surface area contributed by atoms with Crippen molar-refractivity contribution in [3.8, 4) is 17.2 Å². The molecule has 1 aromatic carbocycles. The number of nitrogens with zero attached hydrogens (tertiary/aromatic N) is 1. The molecule has 7 heteroatoms. The van der Waals surface area contributed by atoms with E-state index in [0.29, 0.717) is 17.2 Å². The van der Waals surface area contributed by atoms with E-state index >= 15 is 0 Å². The molecule has 0 saturated carbocycles. The van der Waals surface area contributed by atoms with Crippen molar-refractivity contribution in [3.05, 3.63) is 39.6 Å². The SMILES string of the molecule is CCc1ccc(CNC(=NC)NCCc2ccc(OC)c(OC)c2OC)s1. The zero-order valence-electron chi connectivity index (χ0n) is 16.7. The van der Waals surface area contributed by atoms with Crippen LogP contribution in [0.3, 0.4) is 0 Å². The largest absolute Gasteiger partial charge is 0.493 e. The van der Waals surface area contributed by atoms with Gasteiger partial charge in [0.25, 0.3) is 0 Å². The van der Waals surface area contributed by atoms with Crippen LogP contribution in [-0.4, -0.2) is 40.9 Å². The Bertz CT molecular complexity index is 759. The first-order valence-corrected chi connectivity index (χ1v) is 9.78. The van der Waals surface area contributed by atoms with Crippen molar-refractivity contribution in [3.63, 3.8) is 0 Å². The standard InChI is InChI=1S/C20H29N3O3S/c1-6-15-8-9-16(27-15)13-23-20(21-2)22-12-11-14-7-10-17(24-3)19(26-5)18(14)25-4/h7-10H,6,11-13H2,1-5H3,(H2,21,22,23). The van der Waals surface area contributed by atoms with Crippen LogP contribution < -0.4 is 24.8 Å². The smallest absolute Gasteiger partial charge is 0.203 e. The van der Waals surface area contributed by atoms with Gasteiger partial charge in [0.2, 0.25) is 5.75 Å². The Labute approximate surface area is 165 Å². The highest BCUT2D eigenvalue weighted by atomic mass is 32.1. The van der Waals surface area contributed by atoms with Crippen LogP contribution in [0.2, 0.25) is 0 Å². The van der Waals surface area contributed by atoms with E-state index in [1.807, 2.05) is 23.5 Å². The molecule has 0 amide bonds. The molecular formula is C20H29N3O3S. The summed E-state index contributed by atoms with van der Waals surface area (Å²) in [6.45, 7) is 3.66. The number of ether oxygens (including phenoxy) is 3. The predicted octanol–water partition coefficient (Wildman–Crippen LogP) is 3.24. The Balaban J connectivity index is 1.92. The molecule has 0 saturated heterocycles. The zero-order valence-corrected chi connectivity index (χ0v) is 17.5. The van der Waals surface area contributed by atoms with Crippen LogP contribution in [0.15, 0.2) is 29.3 Å². The van der Waals surface area contributed by atoms with Crippen molar-refractivity contribution in [1.82, 2.24) is 10.6 Å². The fourth-order valence-corrected chi connectivity index (χ4v) is 3.67. The summed E-state index contributed by atoms with van der Waals surface area (Å²) in [4.78, 5) is 6.99. The van der Waals surface area contributed by atoms with Gasteiger partial charge in [0, 0.05) is 28.9 Å². The number of aryl methyl sites for hydroxylation is 1. The number of benzene rings is 1. The van der Waals surface area contributed by atoms with Crippen molar-refractivity contribution >= 4 is 17.3 Å². The summed E-state index contributed by atoms with van der Waals surface area (Å²) in [5, 5.41) is 6.69. The Hall–Kier alpha value is -2.41. The lowest BCUT2D eigenvalue weighted by Gasteiger charge is -2.16. The molecule has 0 unspecified atom stereocenters. The lowest BCUT2D eigenvalue weighted by molar-refractivity contribution is 0.322. The van der Waals surface area contributed by atoms with E-state index < -0.39 is 0 Å². The van der Waals surface area contributed by atoms with Gasteiger partial charge in [0.05, 0.1) is 27.9 Å². The van der Waals surface area contributed by atoms with Crippen LogP contribution in [0.1, 0.15) is 22.2 Å². The van der Waals surface area contributed by atoms with Gasteiger partial charge in [-0.25, -0.2) is 0 Å². The molecule has 0 aliphatic rings. The molecule has 1 heterocycles. The van der Waals surface area contributed by atoms with Gasteiger partial charge in [-0.1, -0.05) is 13.0 Å². The third-order valence-corrected chi connectivity index (χ3v) is 5.42. The van der Waals surface area contributed by atoms with Crippen molar-refractivity contribution in [1.29, 1.82) is 0 Å². The highest BCUT2D eigenvalue weighted by Gasteiger charge is 2.15. The van der Waals surface area contributed by atoms with Gasteiger partial charge in [-0.05, 0) is 31.0 Å². The van der Waals surface area contributed by atoms with Gasteiger partial charge in [0.15, 0.2) is 17.5 Å². The number of guanidine groups is 1. The monoisotopic (exact) mass is 391 g/mol. The molecule has 6 nitrogen and oxygen atoms in total. The number of aliphatic imine (C=N–C) groups is 1. The highest BCUT2D eigenvalue weighted by molar-refractivity contribution is 7.11. The lowest BCUT2D eigenvalue weighted by Crippen LogP contribution is -2.37. The van der Waals surface area contributed by atoms with Crippen molar-refractivity contribution in [2.24, 2.45) is 4.99 Å². The van der Waals surface area contributed by atoms with Crippen LogP contribution >= 0.6 is 11.3 Å². The van der Waals surface area contributed by atoms with Gasteiger partial charge in [-0.3, -0.25) is 4.99 Å². The number of hydrogen-bond donors (Lipinski definition) is 2. The molecular weight excluding hydrogens is 362 g/mol. The number of hydrogen-bond acceptors (Lipinski definition) is 5. The lowest BCUT2D eigenvalue weighted by atomic mass is 10.1. The maximum atomic E-state index is 5.53. The van der Waals surface area contributed by atoms with E-state index in [4.69, 9.17) is 14.2 Å². The molecule has 0 aliphatic carbocycles. The van der Waals surface area contributed by atoms with E-state index in [1.165, 1.54) is 9.75 Å². The molecule has 2 N–H and O–H groups in total. The first-order valence-electron chi connectivity index (χ1n) is 8.96. The highest BCUT2D eigenvalue weighted by Crippen LogP contribution is 2.39. The molecule has 0 radical (unpaired) electrons. The minimum atomic E-state index is 0.615. The third kappa shape index (κ3) is 5.53. The number of nitrogens with one attached hydrogen (secondary N) is 2. The summed E-state index contributed by atoms with van der Waals surface area (Å²) >= 11 is 1.83. The molecule has 0 aliphatic heterocycles. The predicted molar refractivity (Wildman–Crippen MR) is 112 cm³/mol. The van der Waals surface area contributed by atoms with E-state index in [9.17, 15) is 0 Å². The second-order valence-corrected chi connectivity index (χ2v) is 7.07. The Morgan fingerprint density at radius 2 is 1.70 bits per heavy atom. The minimum absolute atomic E-state index is 0.615. The maximum Gasteiger partial charge on any atom is 0.203 e. The van der Waals surface area contributed by atoms with E-state index in [1.54, 1.807) is 28.4 Å². The van der Waals surface area contributed by atoms with Crippen LogP contribution in [0.4, 0.5) is 0 Å². The molecule has 1 aromatic heterocycles. The normalized spacial score (nSPS) is 11.2. The van der Waals surface area contributed by atoms with Crippen LogP contribution in [0, 0.1) is 0 Å². The fraction of sp³-hybridized carbons (Fsp3) is 0.450. The molecule has 0 atom stereocenters. The molecule has 0 bridgehead atoms. The summed E-state index contributed by atoms with van der Waals surface area (Å²) in [7, 11) is 6.65. The Morgan fingerprint density at radius 1 is 0.963 bits per heavy atom. The second-order valence-electron chi connectivity index (χ2n) is 5.82. The van der Waals surface area contributed by atoms with E-state index in [-0.39, 0.29) is 0 Å². The van der Waals surface area contributed by atoms with Crippen LogP contribution in [0.25, 0.3) is 0 Å². The summed E-state index contributed by atoms with van der Waals surface area (Å²) in [5.41, 5.74) is 1.05.